The number of benzene rings is 2. The van der Waals surface area contributed by atoms with Crippen LogP contribution in [0.4, 0.5) is 19.6 Å². The number of aromatic nitrogens is 1. The molecule has 0 unspecified atom stereocenters. The number of carbonyl (C=O) groups excluding carboxylic acids is 1. The predicted octanol–water partition coefficient (Wildman–Crippen LogP) is 5.37. The molecule has 8 heteroatoms. The molecule has 3 aromatic rings. The number of anilines is 2. The highest BCUT2D eigenvalue weighted by Crippen LogP contribution is 2.29. The second kappa shape index (κ2) is 9.77. The molecule has 0 fully saturated rings. The summed E-state index contributed by atoms with van der Waals surface area (Å²) >= 11 is 1.42. The summed E-state index contributed by atoms with van der Waals surface area (Å²) in [7, 11) is 1.95. The smallest absolute Gasteiger partial charge is 0.387 e. The summed E-state index contributed by atoms with van der Waals surface area (Å²) in [6.45, 7) is 1.90. The molecule has 2 aromatic carbocycles. The van der Waals surface area contributed by atoms with Crippen LogP contribution in [0.25, 0.3) is 0 Å². The van der Waals surface area contributed by atoms with Crippen molar-refractivity contribution < 1.29 is 18.3 Å². The molecule has 5 nitrogen and oxygen atoms in total. The van der Waals surface area contributed by atoms with Crippen molar-refractivity contribution >= 4 is 28.1 Å². The predicted molar refractivity (Wildman–Crippen MR) is 114 cm³/mol. The van der Waals surface area contributed by atoms with Crippen molar-refractivity contribution in [2.75, 3.05) is 11.9 Å². The third-order valence-corrected chi connectivity index (χ3v) is 5.25. The summed E-state index contributed by atoms with van der Waals surface area (Å²) in [5, 5.41) is 2.57. The summed E-state index contributed by atoms with van der Waals surface area (Å²) in [6.07, 6.45) is 0. The van der Waals surface area contributed by atoms with Crippen molar-refractivity contribution in [1.29, 1.82) is 0 Å². The van der Waals surface area contributed by atoms with Gasteiger partial charge in [-0.3, -0.25) is 14.6 Å². The third kappa shape index (κ3) is 5.84. The standard InChI is InChI=1S/C22H23F2N3O2S/c1-15-4-8-19(9-5-15)27(16(2)28)22-25-18(14-30-22)13-26(3)12-17-6-10-20(11-7-17)29-21(23)24/h4-11,14,21H,12-13H2,1-3H3. The Morgan fingerprint density at radius 2 is 1.77 bits per heavy atom. The average molecular weight is 432 g/mol. The van der Waals surface area contributed by atoms with Crippen molar-refractivity contribution in [3.8, 4) is 5.75 Å². The molecule has 0 N–H and O–H groups in total. The Kier molecular flexibility index (Phi) is 7.12. The first-order chi connectivity index (χ1) is 14.3. The van der Waals surface area contributed by atoms with Crippen LogP contribution in [0.1, 0.15) is 23.7 Å². The maximum atomic E-state index is 12.2. The summed E-state index contributed by atoms with van der Waals surface area (Å²) < 4.78 is 28.9. The van der Waals surface area contributed by atoms with Crippen LogP contribution in [0.3, 0.4) is 0 Å². The van der Waals surface area contributed by atoms with Gasteiger partial charge in [-0.05, 0) is 43.8 Å². The molecule has 0 radical (unpaired) electrons. The number of nitrogens with zero attached hydrogens (tertiary/aromatic N) is 3. The van der Waals surface area contributed by atoms with E-state index >= 15 is 0 Å². The maximum Gasteiger partial charge on any atom is 0.387 e. The van der Waals surface area contributed by atoms with Gasteiger partial charge in [0.1, 0.15) is 5.75 Å². The number of amides is 1. The third-order valence-electron chi connectivity index (χ3n) is 4.37. The molecule has 3 rings (SSSR count). The number of alkyl halides is 2. The highest BCUT2D eigenvalue weighted by atomic mass is 32.1. The fraction of sp³-hybridized carbons (Fsp3) is 0.273. The zero-order valence-corrected chi connectivity index (χ0v) is 17.8. The fourth-order valence-electron chi connectivity index (χ4n) is 3.01. The minimum Gasteiger partial charge on any atom is -0.435 e. The molecule has 0 aliphatic carbocycles. The van der Waals surface area contributed by atoms with Crippen LogP contribution in [0.5, 0.6) is 5.75 Å². The molecule has 0 aliphatic rings. The van der Waals surface area contributed by atoms with E-state index < -0.39 is 6.61 Å². The molecular weight excluding hydrogens is 408 g/mol. The van der Waals surface area contributed by atoms with E-state index in [0.29, 0.717) is 18.2 Å². The Balaban J connectivity index is 1.65. The van der Waals surface area contributed by atoms with Crippen LogP contribution in [0, 0.1) is 6.92 Å². The Labute approximate surface area is 178 Å². The quantitative estimate of drug-likeness (QED) is 0.481. The summed E-state index contributed by atoms with van der Waals surface area (Å²) in [4.78, 5) is 20.5. The number of halogens is 2. The van der Waals surface area contributed by atoms with Crippen LogP contribution < -0.4 is 9.64 Å². The van der Waals surface area contributed by atoms with E-state index in [-0.39, 0.29) is 11.7 Å². The molecule has 30 heavy (non-hydrogen) atoms. The number of rotatable bonds is 8. The molecule has 0 bridgehead atoms. The summed E-state index contributed by atoms with van der Waals surface area (Å²) in [6, 6.07) is 14.3. The van der Waals surface area contributed by atoms with Gasteiger partial charge in [0, 0.05) is 25.4 Å². The van der Waals surface area contributed by atoms with Crippen molar-refractivity contribution in [2.24, 2.45) is 0 Å². The second-order valence-electron chi connectivity index (χ2n) is 7.01. The van der Waals surface area contributed by atoms with Crippen LogP contribution in [-0.4, -0.2) is 29.5 Å². The van der Waals surface area contributed by atoms with Crippen LogP contribution in [0.15, 0.2) is 53.9 Å². The topological polar surface area (TPSA) is 45.7 Å². The first-order valence-electron chi connectivity index (χ1n) is 9.36. The normalized spacial score (nSPS) is 11.2. The Bertz CT molecular complexity index is 975. The van der Waals surface area contributed by atoms with E-state index in [9.17, 15) is 13.6 Å². The van der Waals surface area contributed by atoms with Gasteiger partial charge in [0.25, 0.3) is 0 Å². The van der Waals surface area contributed by atoms with Gasteiger partial charge in [-0.2, -0.15) is 8.78 Å². The molecule has 0 aliphatic heterocycles. The lowest BCUT2D eigenvalue weighted by molar-refractivity contribution is -0.115. The fourth-order valence-corrected chi connectivity index (χ4v) is 3.89. The molecule has 0 saturated heterocycles. The maximum absolute atomic E-state index is 12.2. The highest BCUT2D eigenvalue weighted by molar-refractivity contribution is 7.14. The van der Waals surface area contributed by atoms with Crippen molar-refractivity contribution in [2.45, 2.75) is 33.5 Å². The lowest BCUT2D eigenvalue weighted by atomic mass is 10.2. The molecule has 0 atom stereocenters. The van der Waals surface area contributed by atoms with Crippen molar-refractivity contribution in [3.05, 3.63) is 70.7 Å². The molecular formula is C22H23F2N3O2S. The van der Waals surface area contributed by atoms with Crippen LogP contribution >= 0.6 is 11.3 Å². The molecule has 1 aromatic heterocycles. The second-order valence-corrected chi connectivity index (χ2v) is 7.84. The Morgan fingerprint density at radius 3 is 2.37 bits per heavy atom. The van der Waals surface area contributed by atoms with Crippen LogP contribution in [-0.2, 0) is 17.9 Å². The Hall–Kier alpha value is -2.84. The zero-order valence-electron chi connectivity index (χ0n) is 17.0. The molecule has 0 spiro atoms. The van der Waals surface area contributed by atoms with Gasteiger partial charge in [-0.15, -0.1) is 11.3 Å². The lowest BCUT2D eigenvalue weighted by Crippen LogP contribution is -2.23. The molecule has 158 valence electrons. The van der Waals surface area contributed by atoms with Crippen LogP contribution in [0.2, 0.25) is 0 Å². The first-order valence-corrected chi connectivity index (χ1v) is 10.2. The van der Waals surface area contributed by atoms with Gasteiger partial charge >= 0.3 is 6.61 Å². The van der Waals surface area contributed by atoms with E-state index in [1.54, 1.807) is 17.0 Å². The number of aryl methyl sites for hydroxylation is 1. The van der Waals surface area contributed by atoms with E-state index in [1.807, 2.05) is 43.6 Å². The van der Waals surface area contributed by atoms with Gasteiger partial charge < -0.3 is 4.74 Å². The minimum absolute atomic E-state index is 0.0980. The van der Waals surface area contributed by atoms with Gasteiger partial charge in [-0.1, -0.05) is 29.8 Å². The summed E-state index contributed by atoms with van der Waals surface area (Å²) in [5.74, 6) is 0.0418. The van der Waals surface area contributed by atoms with Gasteiger partial charge in [0.05, 0.1) is 11.4 Å². The van der Waals surface area contributed by atoms with Crippen molar-refractivity contribution in [3.63, 3.8) is 0 Å². The minimum atomic E-state index is -2.83. The SMILES string of the molecule is CC(=O)N(c1ccc(C)cc1)c1nc(CN(C)Cc2ccc(OC(F)F)cc2)cs1. The molecule has 0 saturated carbocycles. The van der Waals surface area contributed by atoms with Crippen molar-refractivity contribution in [1.82, 2.24) is 9.88 Å². The highest BCUT2D eigenvalue weighted by Gasteiger charge is 2.18. The number of carbonyl (C=O) groups is 1. The van der Waals surface area contributed by atoms with Gasteiger partial charge in [0.15, 0.2) is 5.13 Å². The van der Waals surface area contributed by atoms with E-state index in [4.69, 9.17) is 0 Å². The zero-order chi connectivity index (χ0) is 21.7. The van der Waals surface area contributed by atoms with E-state index in [1.165, 1.54) is 30.4 Å². The Morgan fingerprint density at radius 1 is 1.10 bits per heavy atom. The van der Waals surface area contributed by atoms with Gasteiger partial charge in [-0.25, -0.2) is 4.98 Å². The average Bonchev–Trinajstić information content (AvgIpc) is 3.12. The number of thiazole rings is 1. The molecule has 1 heterocycles. The molecule has 1 amide bonds. The lowest BCUT2D eigenvalue weighted by Gasteiger charge is -2.18. The number of hydrogen-bond donors (Lipinski definition) is 0. The van der Waals surface area contributed by atoms with E-state index in [2.05, 4.69) is 14.6 Å². The number of ether oxygens (including phenoxy) is 1. The van der Waals surface area contributed by atoms with Gasteiger partial charge in [0.2, 0.25) is 5.91 Å². The number of hydrogen-bond acceptors (Lipinski definition) is 5. The summed E-state index contributed by atoms with van der Waals surface area (Å²) in [5.41, 5.74) is 3.74. The largest absolute Gasteiger partial charge is 0.435 e. The monoisotopic (exact) mass is 431 g/mol. The first kappa shape index (κ1) is 21.9. The van der Waals surface area contributed by atoms with E-state index in [0.717, 1.165) is 22.5 Å².